The average molecular weight is 414 g/mol. The fourth-order valence-electron chi connectivity index (χ4n) is 4.45. The maximum atomic E-state index is 13.7. The first-order chi connectivity index (χ1) is 14.0. The van der Waals surface area contributed by atoms with Gasteiger partial charge in [-0.1, -0.05) is 19.3 Å². The normalized spacial score (nSPS) is 17.5. The Kier molecular flexibility index (Phi) is 5.69. The second-order valence-electron chi connectivity index (χ2n) is 7.91. The molecule has 2 aliphatic rings. The molecular weight excluding hydrogens is 386 g/mol. The zero-order valence-corrected chi connectivity index (χ0v) is 17.6. The van der Waals surface area contributed by atoms with Crippen molar-refractivity contribution >= 4 is 21.6 Å². The van der Waals surface area contributed by atoms with Crippen molar-refractivity contribution in [2.45, 2.75) is 62.9 Å². The topological polar surface area (TPSA) is 70.6 Å². The standard InChI is InChI=1S/C22H27N3O3S/c1-17(26)24-14-11-19-15-21(7-8-22(19)24)29(27,28)25(20-5-3-2-4-6-20)16-18-9-12-23-13-10-18/h7-10,12-13,15,20H,2-6,11,14,16H2,1H3. The van der Waals surface area contributed by atoms with Gasteiger partial charge >= 0.3 is 0 Å². The molecule has 1 amide bonds. The molecule has 29 heavy (non-hydrogen) atoms. The molecule has 7 heteroatoms. The van der Waals surface area contributed by atoms with E-state index in [0.717, 1.165) is 42.5 Å². The van der Waals surface area contributed by atoms with E-state index in [1.807, 2.05) is 12.1 Å². The van der Waals surface area contributed by atoms with Crippen molar-refractivity contribution in [2.75, 3.05) is 11.4 Å². The van der Waals surface area contributed by atoms with Crippen LogP contribution in [0.4, 0.5) is 5.69 Å². The molecule has 1 aromatic carbocycles. The van der Waals surface area contributed by atoms with E-state index in [0.29, 0.717) is 24.4 Å². The number of hydrogen-bond acceptors (Lipinski definition) is 4. The number of carbonyl (C=O) groups is 1. The lowest BCUT2D eigenvalue weighted by Gasteiger charge is -2.33. The Hall–Kier alpha value is -2.25. The summed E-state index contributed by atoms with van der Waals surface area (Å²) in [4.78, 5) is 17.9. The highest BCUT2D eigenvalue weighted by Crippen LogP contribution is 2.34. The van der Waals surface area contributed by atoms with Crippen molar-refractivity contribution in [3.63, 3.8) is 0 Å². The second kappa shape index (κ2) is 8.24. The quantitative estimate of drug-likeness (QED) is 0.752. The highest BCUT2D eigenvalue weighted by molar-refractivity contribution is 7.89. The van der Waals surface area contributed by atoms with Gasteiger partial charge in [0.2, 0.25) is 15.9 Å². The fraction of sp³-hybridized carbons (Fsp3) is 0.455. The lowest BCUT2D eigenvalue weighted by atomic mass is 9.95. The monoisotopic (exact) mass is 413 g/mol. The van der Waals surface area contributed by atoms with Crippen molar-refractivity contribution in [3.05, 3.63) is 53.9 Å². The van der Waals surface area contributed by atoms with Gasteiger partial charge in [0, 0.05) is 44.1 Å². The summed E-state index contributed by atoms with van der Waals surface area (Å²) in [5.74, 6) is -0.0131. The number of rotatable bonds is 5. The number of carbonyl (C=O) groups excluding carboxylic acids is 1. The summed E-state index contributed by atoms with van der Waals surface area (Å²) < 4.78 is 29.0. The molecule has 154 valence electrons. The zero-order chi connectivity index (χ0) is 20.4. The molecule has 0 atom stereocenters. The Morgan fingerprint density at radius 2 is 1.86 bits per heavy atom. The fourth-order valence-corrected chi connectivity index (χ4v) is 6.17. The highest BCUT2D eigenvalue weighted by Gasteiger charge is 2.33. The molecule has 0 N–H and O–H groups in total. The van der Waals surface area contributed by atoms with Gasteiger partial charge in [0.15, 0.2) is 0 Å². The molecule has 1 fully saturated rings. The SMILES string of the molecule is CC(=O)N1CCc2cc(S(=O)(=O)N(Cc3ccncc3)C3CCCCC3)ccc21. The lowest BCUT2D eigenvalue weighted by molar-refractivity contribution is -0.116. The van der Waals surface area contributed by atoms with Gasteiger partial charge in [-0.25, -0.2) is 8.42 Å². The van der Waals surface area contributed by atoms with Crippen molar-refractivity contribution in [2.24, 2.45) is 0 Å². The number of aromatic nitrogens is 1. The largest absolute Gasteiger partial charge is 0.312 e. The van der Waals surface area contributed by atoms with Crippen LogP contribution in [0.25, 0.3) is 0 Å². The van der Waals surface area contributed by atoms with E-state index in [9.17, 15) is 13.2 Å². The van der Waals surface area contributed by atoms with Crippen LogP contribution in [0.15, 0.2) is 47.6 Å². The van der Waals surface area contributed by atoms with Gasteiger partial charge in [0.1, 0.15) is 0 Å². The molecule has 2 heterocycles. The van der Waals surface area contributed by atoms with Gasteiger partial charge in [-0.3, -0.25) is 9.78 Å². The van der Waals surface area contributed by atoms with Crippen LogP contribution >= 0.6 is 0 Å². The molecule has 2 aromatic rings. The smallest absolute Gasteiger partial charge is 0.243 e. The Morgan fingerprint density at radius 1 is 1.14 bits per heavy atom. The Labute approximate surface area is 172 Å². The molecule has 4 rings (SSSR count). The lowest BCUT2D eigenvalue weighted by Crippen LogP contribution is -2.40. The molecule has 0 unspecified atom stereocenters. The zero-order valence-electron chi connectivity index (χ0n) is 16.8. The van der Waals surface area contributed by atoms with E-state index in [4.69, 9.17) is 0 Å². The maximum absolute atomic E-state index is 13.7. The van der Waals surface area contributed by atoms with E-state index < -0.39 is 10.0 Å². The Bertz CT molecular complexity index is 986. The van der Waals surface area contributed by atoms with Crippen LogP contribution < -0.4 is 4.90 Å². The summed E-state index contributed by atoms with van der Waals surface area (Å²) in [5.41, 5.74) is 2.70. The molecule has 1 saturated carbocycles. The molecular formula is C22H27N3O3S. The summed E-state index contributed by atoms with van der Waals surface area (Å²) in [6.07, 6.45) is 9.17. The van der Waals surface area contributed by atoms with E-state index in [1.165, 1.54) is 6.42 Å². The average Bonchev–Trinajstić information content (AvgIpc) is 3.17. The first kappa shape index (κ1) is 20.0. The van der Waals surface area contributed by atoms with Crippen LogP contribution in [-0.4, -0.2) is 36.2 Å². The van der Waals surface area contributed by atoms with Crippen molar-refractivity contribution in [1.82, 2.24) is 9.29 Å². The predicted molar refractivity (Wildman–Crippen MR) is 112 cm³/mol. The van der Waals surface area contributed by atoms with Gasteiger partial charge in [0.05, 0.1) is 4.90 Å². The summed E-state index contributed by atoms with van der Waals surface area (Å²) >= 11 is 0. The van der Waals surface area contributed by atoms with E-state index >= 15 is 0 Å². The summed E-state index contributed by atoms with van der Waals surface area (Å²) in [6.45, 7) is 2.50. The van der Waals surface area contributed by atoms with Crippen LogP contribution in [0.1, 0.15) is 50.2 Å². The third-order valence-corrected chi connectivity index (χ3v) is 7.90. The van der Waals surface area contributed by atoms with Crippen molar-refractivity contribution < 1.29 is 13.2 Å². The summed E-state index contributed by atoms with van der Waals surface area (Å²) in [6, 6.07) is 8.96. The Balaban J connectivity index is 1.68. The predicted octanol–water partition coefficient (Wildman–Crippen LogP) is 3.51. The maximum Gasteiger partial charge on any atom is 0.243 e. The van der Waals surface area contributed by atoms with Crippen molar-refractivity contribution in [3.8, 4) is 0 Å². The van der Waals surface area contributed by atoms with Crippen LogP contribution in [0.3, 0.4) is 0 Å². The van der Waals surface area contributed by atoms with Crippen LogP contribution in [0, 0.1) is 0 Å². The minimum absolute atomic E-state index is 0.0131. The van der Waals surface area contributed by atoms with E-state index in [-0.39, 0.29) is 11.9 Å². The van der Waals surface area contributed by atoms with E-state index in [1.54, 1.807) is 46.7 Å². The minimum atomic E-state index is -3.65. The number of nitrogens with zero attached hydrogens (tertiary/aromatic N) is 3. The number of anilines is 1. The number of pyridine rings is 1. The molecule has 0 saturated heterocycles. The highest BCUT2D eigenvalue weighted by atomic mass is 32.2. The van der Waals surface area contributed by atoms with Gasteiger partial charge < -0.3 is 4.90 Å². The molecule has 1 aliphatic heterocycles. The number of fused-ring (bicyclic) bond motifs is 1. The number of sulfonamides is 1. The number of benzene rings is 1. The summed E-state index contributed by atoms with van der Waals surface area (Å²) in [5, 5.41) is 0. The number of amides is 1. The third-order valence-electron chi connectivity index (χ3n) is 6.00. The first-order valence-corrected chi connectivity index (χ1v) is 11.7. The van der Waals surface area contributed by atoms with Gasteiger partial charge in [-0.15, -0.1) is 0 Å². The van der Waals surface area contributed by atoms with Gasteiger partial charge in [0.25, 0.3) is 0 Å². The van der Waals surface area contributed by atoms with Crippen LogP contribution in [0.5, 0.6) is 0 Å². The molecule has 0 spiro atoms. The number of hydrogen-bond donors (Lipinski definition) is 0. The van der Waals surface area contributed by atoms with Gasteiger partial charge in [-0.2, -0.15) is 4.31 Å². The van der Waals surface area contributed by atoms with Crippen LogP contribution in [0.2, 0.25) is 0 Å². The molecule has 6 nitrogen and oxygen atoms in total. The minimum Gasteiger partial charge on any atom is -0.312 e. The van der Waals surface area contributed by atoms with Gasteiger partial charge in [-0.05, 0) is 60.7 Å². The molecule has 0 radical (unpaired) electrons. The molecule has 0 bridgehead atoms. The Morgan fingerprint density at radius 3 is 2.55 bits per heavy atom. The summed E-state index contributed by atoms with van der Waals surface area (Å²) in [7, 11) is -3.65. The second-order valence-corrected chi connectivity index (χ2v) is 9.80. The molecule has 1 aromatic heterocycles. The first-order valence-electron chi connectivity index (χ1n) is 10.3. The van der Waals surface area contributed by atoms with Crippen LogP contribution in [-0.2, 0) is 27.8 Å². The third kappa shape index (κ3) is 4.07. The van der Waals surface area contributed by atoms with Crippen molar-refractivity contribution in [1.29, 1.82) is 0 Å². The molecule has 1 aliphatic carbocycles. The van der Waals surface area contributed by atoms with E-state index in [2.05, 4.69) is 4.98 Å².